The molecular formula is C34H43N5O8S. The summed E-state index contributed by atoms with van der Waals surface area (Å²) >= 11 is 0. The number of nitrogens with zero attached hydrogens (tertiary/aromatic N) is 3. The van der Waals surface area contributed by atoms with E-state index >= 15 is 0 Å². The molecule has 6 rings (SSSR count). The summed E-state index contributed by atoms with van der Waals surface area (Å²) in [6, 6.07) is 7.44. The van der Waals surface area contributed by atoms with Gasteiger partial charge in [-0.25, -0.2) is 8.42 Å². The van der Waals surface area contributed by atoms with E-state index in [4.69, 9.17) is 14.2 Å². The lowest BCUT2D eigenvalue weighted by atomic mass is 9.93. The minimum atomic E-state index is -3.92. The third-order valence-electron chi connectivity index (χ3n) is 10.2. The summed E-state index contributed by atoms with van der Waals surface area (Å²) in [4.78, 5) is 52.1. The monoisotopic (exact) mass is 681 g/mol. The lowest BCUT2D eigenvalue weighted by Gasteiger charge is -2.27. The Hall–Kier alpha value is -4.20. The molecule has 0 bridgehead atoms. The lowest BCUT2D eigenvalue weighted by Crippen LogP contribution is -2.55. The molecule has 0 unspecified atom stereocenters. The first-order valence-corrected chi connectivity index (χ1v) is 17.9. The normalized spacial score (nSPS) is 29.0. The van der Waals surface area contributed by atoms with Crippen molar-refractivity contribution in [2.24, 2.45) is 17.8 Å². The van der Waals surface area contributed by atoms with Crippen LogP contribution in [-0.2, 0) is 24.4 Å². The van der Waals surface area contributed by atoms with E-state index in [0.29, 0.717) is 42.1 Å². The molecule has 1 aliphatic heterocycles. The summed E-state index contributed by atoms with van der Waals surface area (Å²) in [6.07, 6.45) is 8.81. The van der Waals surface area contributed by atoms with Gasteiger partial charge < -0.3 is 24.4 Å². The SMILES string of the molecule is COc1cccc(-c2nc(OC)ncc2O[C@@H]2C[C@H]3C(=O)N[C@@]4(C(=O)NS(=O)(=O)C5(C)CC5)C[C@@H]4/C=C/CCCCN(C)C(=O)[C@@H]3C2)c1. The zero-order valence-electron chi connectivity index (χ0n) is 27.7. The van der Waals surface area contributed by atoms with Crippen LogP contribution in [0.25, 0.3) is 11.3 Å². The number of ether oxygens (including phenoxy) is 3. The summed E-state index contributed by atoms with van der Waals surface area (Å²) in [5.74, 6) is -2.33. The van der Waals surface area contributed by atoms with Gasteiger partial charge in [-0.2, -0.15) is 9.97 Å². The molecule has 0 saturated heterocycles. The Morgan fingerprint density at radius 2 is 1.88 bits per heavy atom. The van der Waals surface area contributed by atoms with Crippen molar-refractivity contribution in [1.29, 1.82) is 0 Å². The number of amides is 3. The topological polar surface area (TPSA) is 166 Å². The smallest absolute Gasteiger partial charge is 0.316 e. The number of hydrogen-bond donors (Lipinski definition) is 2. The molecule has 5 atom stereocenters. The first-order chi connectivity index (χ1) is 22.9. The van der Waals surface area contributed by atoms with Crippen LogP contribution in [0.5, 0.6) is 17.5 Å². The number of carbonyl (C=O) groups excluding carboxylic acids is 3. The van der Waals surface area contributed by atoms with Crippen molar-refractivity contribution < 1.29 is 37.0 Å². The van der Waals surface area contributed by atoms with Crippen LogP contribution in [0.15, 0.2) is 42.6 Å². The molecule has 48 heavy (non-hydrogen) atoms. The van der Waals surface area contributed by atoms with Crippen molar-refractivity contribution >= 4 is 27.7 Å². The van der Waals surface area contributed by atoms with Crippen LogP contribution in [0.2, 0.25) is 0 Å². The van der Waals surface area contributed by atoms with Gasteiger partial charge in [-0.3, -0.25) is 19.1 Å². The minimum absolute atomic E-state index is 0.144. The molecule has 13 nitrogen and oxygen atoms in total. The molecule has 1 aromatic heterocycles. The Bertz CT molecular complexity index is 1730. The molecule has 3 aliphatic carbocycles. The Labute approximate surface area is 280 Å². The Morgan fingerprint density at radius 1 is 1.10 bits per heavy atom. The molecule has 0 radical (unpaired) electrons. The second kappa shape index (κ2) is 13.0. The van der Waals surface area contributed by atoms with Crippen LogP contribution in [0, 0.1) is 17.8 Å². The molecule has 1 aromatic carbocycles. The predicted molar refractivity (Wildman–Crippen MR) is 176 cm³/mol. The fraction of sp³-hybridized carbons (Fsp3) is 0.559. The van der Waals surface area contributed by atoms with Gasteiger partial charge in [-0.1, -0.05) is 24.3 Å². The fourth-order valence-corrected chi connectivity index (χ4v) is 8.00. The van der Waals surface area contributed by atoms with Crippen LogP contribution in [0.1, 0.15) is 58.3 Å². The van der Waals surface area contributed by atoms with Crippen molar-refractivity contribution in [2.45, 2.75) is 74.7 Å². The van der Waals surface area contributed by atoms with E-state index in [1.165, 1.54) is 13.3 Å². The largest absolute Gasteiger partial charge is 0.497 e. The maximum Gasteiger partial charge on any atom is 0.316 e. The Morgan fingerprint density at radius 3 is 2.60 bits per heavy atom. The van der Waals surface area contributed by atoms with Crippen LogP contribution >= 0.6 is 0 Å². The van der Waals surface area contributed by atoms with Crippen molar-refractivity contribution in [3.63, 3.8) is 0 Å². The highest BCUT2D eigenvalue weighted by molar-refractivity contribution is 7.91. The van der Waals surface area contributed by atoms with E-state index in [-0.39, 0.29) is 37.1 Å². The van der Waals surface area contributed by atoms with E-state index in [0.717, 1.165) is 19.3 Å². The number of sulfonamides is 1. The van der Waals surface area contributed by atoms with Crippen LogP contribution in [0.4, 0.5) is 0 Å². The van der Waals surface area contributed by atoms with Crippen LogP contribution < -0.4 is 24.2 Å². The summed E-state index contributed by atoms with van der Waals surface area (Å²) in [5, 5.41) is 2.92. The van der Waals surface area contributed by atoms with Gasteiger partial charge in [0.05, 0.1) is 37.0 Å². The van der Waals surface area contributed by atoms with E-state index in [9.17, 15) is 22.8 Å². The number of allylic oxidation sites excluding steroid dienone is 1. The third kappa shape index (κ3) is 6.58. The molecule has 3 amide bonds. The number of fused-ring (bicyclic) bond motifs is 2. The fourth-order valence-electron chi connectivity index (χ4n) is 6.69. The van der Waals surface area contributed by atoms with Gasteiger partial charge >= 0.3 is 6.01 Å². The molecule has 3 fully saturated rings. The number of nitrogens with one attached hydrogen (secondary N) is 2. The molecule has 2 N–H and O–H groups in total. The van der Waals surface area contributed by atoms with Crippen molar-refractivity contribution in [2.75, 3.05) is 27.8 Å². The van der Waals surface area contributed by atoms with Gasteiger partial charge in [0.2, 0.25) is 21.8 Å². The molecule has 14 heteroatoms. The highest BCUT2D eigenvalue weighted by atomic mass is 32.2. The molecule has 258 valence electrons. The Kier molecular flexibility index (Phi) is 9.14. The molecule has 3 saturated carbocycles. The summed E-state index contributed by atoms with van der Waals surface area (Å²) in [7, 11) is 0.849. The maximum atomic E-state index is 14.1. The van der Waals surface area contributed by atoms with E-state index in [1.807, 2.05) is 36.4 Å². The van der Waals surface area contributed by atoms with Gasteiger partial charge in [0.1, 0.15) is 23.1 Å². The van der Waals surface area contributed by atoms with Gasteiger partial charge in [0.15, 0.2) is 5.75 Å². The van der Waals surface area contributed by atoms with Crippen LogP contribution in [-0.4, -0.2) is 85.2 Å². The highest BCUT2D eigenvalue weighted by Crippen LogP contribution is 2.48. The number of carbonyl (C=O) groups is 3. The maximum absolute atomic E-state index is 14.1. The Balaban J connectivity index is 1.28. The summed E-state index contributed by atoms with van der Waals surface area (Å²) in [5.41, 5.74) is -0.260. The molecular weight excluding hydrogens is 638 g/mol. The van der Waals surface area contributed by atoms with Crippen LogP contribution in [0.3, 0.4) is 0 Å². The van der Waals surface area contributed by atoms with Crippen molar-refractivity contribution in [3.8, 4) is 28.8 Å². The summed E-state index contributed by atoms with van der Waals surface area (Å²) in [6.45, 7) is 2.15. The lowest BCUT2D eigenvalue weighted by molar-refractivity contribution is -0.140. The van der Waals surface area contributed by atoms with E-state index in [1.54, 1.807) is 26.0 Å². The molecule has 0 spiro atoms. The molecule has 2 aromatic rings. The van der Waals surface area contributed by atoms with Crippen molar-refractivity contribution in [1.82, 2.24) is 24.9 Å². The molecule has 2 heterocycles. The van der Waals surface area contributed by atoms with Gasteiger partial charge in [-0.05, 0) is 70.4 Å². The predicted octanol–water partition coefficient (Wildman–Crippen LogP) is 3.01. The minimum Gasteiger partial charge on any atom is -0.497 e. The quantitative estimate of drug-likeness (QED) is 0.396. The average Bonchev–Trinajstić information content (AvgIpc) is 3.96. The number of benzene rings is 1. The van der Waals surface area contributed by atoms with Gasteiger partial charge in [0.25, 0.3) is 5.91 Å². The molecule has 4 aliphatic rings. The third-order valence-corrected chi connectivity index (χ3v) is 12.3. The van der Waals surface area contributed by atoms with Gasteiger partial charge in [-0.15, -0.1) is 0 Å². The van der Waals surface area contributed by atoms with E-state index in [2.05, 4.69) is 20.0 Å². The number of hydrogen-bond acceptors (Lipinski definition) is 10. The zero-order chi connectivity index (χ0) is 34.3. The second-order valence-corrected chi connectivity index (χ2v) is 15.8. The van der Waals surface area contributed by atoms with E-state index < -0.39 is 50.1 Å². The number of methoxy groups -OCH3 is 2. The second-order valence-electron chi connectivity index (χ2n) is 13.6. The van der Waals surface area contributed by atoms with Crippen molar-refractivity contribution in [3.05, 3.63) is 42.6 Å². The highest BCUT2D eigenvalue weighted by Gasteiger charge is 2.63. The first kappa shape index (κ1) is 33.7. The standard InChI is InChI=1S/C34H43N5O8S/c1-33(13-14-33)48(43,44)38-31(42)34-19-22(34)11-7-5-6-8-15-39(2)30(41)26-18-24(17-25(26)29(40)37-34)47-27-20-35-32(46-4)36-28(27)21-10-9-12-23(16-21)45-3/h7,9-12,16,20,22,24-26H,5-6,8,13-15,17-19H2,1-4H3,(H,37,40)(H,38,42)/b11-7+/t22-,24+,25+,26+,34-/m0/s1. The number of rotatable bonds is 8. The number of aromatic nitrogens is 2. The zero-order valence-corrected chi connectivity index (χ0v) is 28.5. The average molecular weight is 682 g/mol. The first-order valence-electron chi connectivity index (χ1n) is 16.4. The summed E-state index contributed by atoms with van der Waals surface area (Å²) < 4.78 is 44.4. The van der Waals surface area contributed by atoms with Gasteiger partial charge in [0, 0.05) is 25.1 Å².